The summed E-state index contributed by atoms with van der Waals surface area (Å²) >= 11 is 0. The first-order chi connectivity index (χ1) is 9.65. The number of nitrogens with two attached hydrogens (primary N) is 1. The molecule has 21 heavy (non-hydrogen) atoms. The van der Waals surface area contributed by atoms with E-state index in [2.05, 4.69) is 0 Å². The van der Waals surface area contributed by atoms with Crippen LogP contribution in [0.15, 0.2) is 18.2 Å². The van der Waals surface area contributed by atoms with E-state index in [1.165, 1.54) is 7.11 Å². The summed E-state index contributed by atoms with van der Waals surface area (Å²) in [5.74, 6) is 0.355. The van der Waals surface area contributed by atoms with Crippen LogP contribution in [-0.2, 0) is 4.74 Å². The number of rotatable bonds is 2. The van der Waals surface area contributed by atoms with Gasteiger partial charge in [0.2, 0.25) is 0 Å². The molecule has 0 aliphatic carbocycles. The molecule has 2 rings (SSSR count). The van der Waals surface area contributed by atoms with E-state index in [9.17, 15) is 4.79 Å². The number of nitrogens with zero attached hydrogens (tertiary/aromatic N) is 1. The van der Waals surface area contributed by atoms with Gasteiger partial charge in [0.25, 0.3) is 5.91 Å². The van der Waals surface area contributed by atoms with Crippen molar-refractivity contribution in [2.45, 2.75) is 38.9 Å². The predicted octanol–water partition coefficient (Wildman–Crippen LogP) is 2.31. The molecule has 0 aromatic heterocycles. The Morgan fingerprint density at radius 3 is 2.33 bits per heavy atom. The minimum atomic E-state index is -0.384. The first kappa shape index (κ1) is 15.6. The van der Waals surface area contributed by atoms with Gasteiger partial charge in [0.05, 0.1) is 29.6 Å². The molecule has 1 aromatic rings. The van der Waals surface area contributed by atoms with Crippen LogP contribution >= 0.6 is 0 Å². The lowest BCUT2D eigenvalue weighted by molar-refractivity contribution is -0.171. The van der Waals surface area contributed by atoms with Crippen LogP contribution in [0, 0.1) is 0 Å². The van der Waals surface area contributed by atoms with Crippen molar-refractivity contribution in [2.75, 3.05) is 25.9 Å². The van der Waals surface area contributed by atoms with Gasteiger partial charge in [0.1, 0.15) is 0 Å². The summed E-state index contributed by atoms with van der Waals surface area (Å²) in [5, 5.41) is 0. The Labute approximate surface area is 126 Å². The van der Waals surface area contributed by atoms with Crippen molar-refractivity contribution in [2.24, 2.45) is 0 Å². The van der Waals surface area contributed by atoms with Crippen molar-refractivity contribution in [3.8, 4) is 5.75 Å². The number of methoxy groups -OCH3 is 1. The van der Waals surface area contributed by atoms with E-state index in [-0.39, 0.29) is 17.1 Å². The van der Waals surface area contributed by atoms with Gasteiger partial charge < -0.3 is 20.1 Å². The van der Waals surface area contributed by atoms with Crippen LogP contribution in [0.1, 0.15) is 38.1 Å². The lowest BCUT2D eigenvalue weighted by Gasteiger charge is -2.47. The SMILES string of the molecule is COc1c(N)cccc1C(=O)N1CC(C)(C)OC(C)(C)C1. The summed E-state index contributed by atoms with van der Waals surface area (Å²) < 4.78 is 11.3. The third-order valence-electron chi connectivity index (χ3n) is 3.46. The first-order valence-electron chi connectivity index (χ1n) is 7.07. The number of hydrogen-bond acceptors (Lipinski definition) is 4. The van der Waals surface area contributed by atoms with Crippen LogP contribution in [-0.4, -0.2) is 42.2 Å². The van der Waals surface area contributed by atoms with Gasteiger partial charge in [-0.1, -0.05) is 6.07 Å². The Kier molecular flexibility index (Phi) is 3.89. The molecule has 1 aromatic carbocycles. The molecule has 5 heteroatoms. The first-order valence-corrected chi connectivity index (χ1v) is 7.07. The van der Waals surface area contributed by atoms with Crippen molar-refractivity contribution in [1.29, 1.82) is 0 Å². The van der Waals surface area contributed by atoms with E-state index in [4.69, 9.17) is 15.2 Å². The number of morpholine rings is 1. The number of amides is 1. The molecular formula is C16H24N2O3. The number of carbonyl (C=O) groups is 1. The molecule has 0 saturated carbocycles. The van der Waals surface area contributed by atoms with Gasteiger partial charge in [-0.2, -0.15) is 0 Å². The molecule has 1 fully saturated rings. The van der Waals surface area contributed by atoms with Gasteiger partial charge in [0, 0.05) is 13.1 Å². The van der Waals surface area contributed by atoms with E-state index in [0.717, 1.165) is 0 Å². The molecule has 1 heterocycles. The molecule has 0 spiro atoms. The van der Waals surface area contributed by atoms with E-state index >= 15 is 0 Å². The fraction of sp³-hybridized carbons (Fsp3) is 0.562. The second-order valence-electron chi connectivity index (χ2n) is 6.71. The summed E-state index contributed by atoms with van der Waals surface area (Å²) in [7, 11) is 1.52. The quantitative estimate of drug-likeness (QED) is 0.850. The maximum atomic E-state index is 12.8. The fourth-order valence-corrected chi connectivity index (χ4v) is 3.05. The van der Waals surface area contributed by atoms with Crippen molar-refractivity contribution in [1.82, 2.24) is 4.90 Å². The van der Waals surface area contributed by atoms with Crippen LogP contribution < -0.4 is 10.5 Å². The molecule has 1 amide bonds. The van der Waals surface area contributed by atoms with E-state index in [1.54, 1.807) is 23.1 Å². The lowest BCUT2D eigenvalue weighted by atomic mass is 9.98. The monoisotopic (exact) mass is 292 g/mol. The number of hydrogen-bond donors (Lipinski definition) is 1. The average Bonchev–Trinajstić information content (AvgIpc) is 2.33. The number of carbonyl (C=O) groups excluding carboxylic acids is 1. The van der Waals surface area contributed by atoms with Gasteiger partial charge in [-0.05, 0) is 39.8 Å². The van der Waals surface area contributed by atoms with Crippen molar-refractivity contribution in [3.05, 3.63) is 23.8 Å². The van der Waals surface area contributed by atoms with Gasteiger partial charge in [0.15, 0.2) is 5.75 Å². The standard InChI is InChI=1S/C16H24N2O3/c1-15(2)9-18(10-16(3,4)21-15)14(19)11-7-6-8-12(17)13(11)20-5/h6-8H,9-10,17H2,1-5H3. The maximum absolute atomic E-state index is 12.8. The van der Waals surface area contributed by atoms with Crippen LogP contribution in [0.3, 0.4) is 0 Å². The maximum Gasteiger partial charge on any atom is 0.257 e. The number of nitrogen functional groups attached to an aromatic ring is 1. The number of benzene rings is 1. The number of ether oxygens (including phenoxy) is 2. The zero-order chi connectivity index (χ0) is 15.8. The largest absolute Gasteiger partial charge is 0.494 e. The third-order valence-corrected chi connectivity index (χ3v) is 3.46. The van der Waals surface area contributed by atoms with Gasteiger partial charge >= 0.3 is 0 Å². The minimum absolute atomic E-state index is 0.0800. The molecular weight excluding hydrogens is 268 g/mol. The highest BCUT2D eigenvalue weighted by Crippen LogP contribution is 2.32. The highest BCUT2D eigenvalue weighted by Gasteiger charge is 2.40. The van der Waals surface area contributed by atoms with Crippen molar-refractivity contribution < 1.29 is 14.3 Å². The molecule has 116 valence electrons. The Hall–Kier alpha value is -1.75. The summed E-state index contributed by atoms with van der Waals surface area (Å²) in [6.07, 6.45) is 0. The van der Waals surface area contributed by atoms with E-state index in [0.29, 0.717) is 30.1 Å². The molecule has 1 aliphatic rings. The average molecular weight is 292 g/mol. The fourth-order valence-electron chi connectivity index (χ4n) is 3.05. The van der Waals surface area contributed by atoms with Gasteiger partial charge in [-0.25, -0.2) is 0 Å². The summed E-state index contributed by atoms with van der Waals surface area (Å²) in [4.78, 5) is 14.6. The lowest BCUT2D eigenvalue weighted by Crippen LogP contribution is -2.58. The summed E-state index contributed by atoms with van der Waals surface area (Å²) in [5.41, 5.74) is 6.08. The number of para-hydroxylation sites is 1. The third kappa shape index (κ3) is 3.29. The zero-order valence-corrected chi connectivity index (χ0v) is 13.4. The van der Waals surface area contributed by atoms with Crippen molar-refractivity contribution in [3.63, 3.8) is 0 Å². The molecule has 1 aliphatic heterocycles. The molecule has 0 radical (unpaired) electrons. The molecule has 0 bridgehead atoms. The molecule has 1 saturated heterocycles. The van der Waals surface area contributed by atoms with Gasteiger partial charge in [-0.3, -0.25) is 4.79 Å². The second-order valence-corrected chi connectivity index (χ2v) is 6.71. The second kappa shape index (κ2) is 5.22. The Morgan fingerprint density at radius 2 is 1.81 bits per heavy atom. The highest BCUT2D eigenvalue weighted by atomic mass is 16.5. The summed E-state index contributed by atoms with van der Waals surface area (Å²) in [6, 6.07) is 5.23. The van der Waals surface area contributed by atoms with Crippen LogP contribution in [0.2, 0.25) is 0 Å². The Balaban J connectivity index is 2.34. The molecule has 0 unspecified atom stereocenters. The Morgan fingerprint density at radius 1 is 1.24 bits per heavy atom. The molecule has 0 atom stereocenters. The topological polar surface area (TPSA) is 64.8 Å². The highest BCUT2D eigenvalue weighted by molar-refractivity contribution is 5.98. The smallest absolute Gasteiger partial charge is 0.257 e. The van der Waals surface area contributed by atoms with Gasteiger partial charge in [-0.15, -0.1) is 0 Å². The van der Waals surface area contributed by atoms with E-state index < -0.39 is 0 Å². The van der Waals surface area contributed by atoms with Crippen LogP contribution in [0.4, 0.5) is 5.69 Å². The normalized spacial score (nSPS) is 20.1. The zero-order valence-electron chi connectivity index (χ0n) is 13.4. The molecule has 5 nitrogen and oxygen atoms in total. The Bertz CT molecular complexity index is 536. The van der Waals surface area contributed by atoms with Crippen molar-refractivity contribution >= 4 is 11.6 Å². The van der Waals surface area contributed by atoms with E-state index in [1.807, 2.05) is 27.7 Å². The van der Waals surface area contributed by atoms with Crippen LogP contribution in [0.25, 0.3) is 0 Å². The number of anilines is 1. The predicted molar refractivity (Wildman–Crippen MR) is 82.6 cm³/mol. The van der Waals surface area contributed by atoms with Crippen LogP contribution in [0.5, 0.6) is 5.75 Å². The molecule has 2 N–H and O–H groups in total. The minimum Gasteiger partial charge on any atom is -0.494 e. The summed E-state index contributed by atoms with van der Waals surface area (Å²) in [6.45, 7) is 9.03.